The van der Waals surface area contributed by atoms with Gasteiger partial charge in [0.25, 0.3) is 8.32 Å². The van der Waals surface area contributed by atoms with Crippen molar-refractivity contribution in [2.75, 3.05) is 0 Å². The molecule has 0 radical (unpaired) electrons. The minimum atomic E-state index is -2.08. The van der Waals surface area contributed by atoms with Gasteiger partial charge in [0, 0.05) is 5.56 Å². The average Bonchev–Trinajstić information content (AvgIpc) is 2.40. The smallest absolute Gasteiger partial charge is 0.342 e. The molecule has 23 heavy (non-hydrogen) atoms. The van der Waals surface area contributed by atoms with E-state index in [-0.39, 0.29) is 11.0 Å². The van der Waals surface area contributed by atoms with Crippen molar-refractivity contribution < 1.29 is 19.1 Å². The van der Waals surface area contributed by atoms with E-state index in [1.807, 2.05) is 19.9 Å². The molecule has 5 heteroatoms. The lowest BCUT2D eigenvalue weighted by Gasteiger charge is -2.38. The van der Waals surface area contributed by atoms with E-state index in [2.05, 4.69) is 33.9 Å². The molecule has 0 spiro atoms. The molecule has 1 aromatic rings. The van der Waals surface area contributed by atoms with E-state index in [9.17, 15) is 9.90 Å². The summed E-state index contributed by atoms with van der Waals surface area (Å²) in [5, 5.41) is 10.6. The minimum Gasteiger partial charge on any atom is -0.543 e. The molecule has 1 aliphatic rings. The fourth-order valence-corrected chi connectivity index (χ4v) is 3.48. The van der Waals surface area contributed by atoms with Crippen LogP contribution in [-0.4, -0.2) is 25.5 Å². The summed E-state index contributed by atoms with van der Waals surface area (Å²) in [6.45, 7) is 14.6. The fourth-order valence-electron chi connectivity index (χ4n) is 2.45. The number of carbonyl (C=O) groups is 1. The van der Waals surface area contributed by atoms with E-state index in [1.165, 1.54) is 0 Å². The molecule has 1 aliphatic heterocycles. The topological polar surface area (TPSA) is 55.8 Å². The maximum Gasteiger partial charge on any atom is 0.342 e. The van der Waals surface area contributed by atoms with Crippen LogP contribution in [0.25, 0.3) is 0 Å². The molecule has 1 heterocycles. The van der Waals surface area contributed by atoms with Crippen molar-refractivity contribution in [2.24, 2.45) is 5.92 Å². The molecule has 4 nitrogen and oxygen atoms in total. The van der Waals surface area contributed by atoms with Crippen LogP contribution < -0.4 is 4.43 Å². The molecule has 0 aliphatic carbocycles. The van der Waals surface area contributed by atoms with E-state index in [0.29, 0.717) is 16.9 Å². The first-order valence-corrected chi connectivity index (χ1v) is 11.1. The lowest BCUT2D eigenvalue weighted by molar-refractivity contribution is -0.0479. The average molecular weight is 337 g/mol. The number of cyclic esters (lactones) is 1. The van der Waals surface area contributed by atoms with E-state index in [0.717, 1.165) is 0 Å². The Labute approximate surface area is 139 Å². The summed E-state index contributed by atoms with van der Waals surface area (Å²) in [4.78, 5) is 12.5. The van der Waals surface area contributed by atoms with Gasteiger partial charge < -0.3 is 14.3 Å². The molecule has 128 valence electrons. The monoisotopic (exact) mass is 336 g/mol. The van der Waals surface area contributed by atoms with Gasteiger partial charge in [-0.3, -0.25) is 0 Å². The maximum atomic E-state index is 12.5. The van der Waals surface area contributed by atoms with Gasteiger partial charge in [-0.25, -0.2) is 4.79 Å². The molecule has 1 N–H and O–H groups in total. The second-order valence-electron chi connectivity index (χ2n) is 8.14. The Kier molecular flexibility index (Phi) is 4.66. The third kappa shape index (κ3) is 3.31. The summed E-state index contributed by atoms with van der Waals surface area (Å²) in [7, 11) is -2.08. The highest BCUT2D eigenvalue weighted by Crippen LogP contribution is 2.42. The number of hydrogen-bond donors (Lipinski definition) is 1. The van der Waals surface area contributed by atoms with Gasteiger partial charge in [0.1, 0.15) is 23.5 Å². The molecule has 0 bridgehead atoms. The lowest BCUT2D eigenvalue weighted by Crippen LogP contribution is -2.44. The summed E-state index contributed by atoms with van der Waals surface area (Å²) >= 11 is 0. The number of benzene rings is 1. The Morgan fingerprint density at radius 2 is 1.87 bits per heavy atom. The van der Waals surface area contributed by atoms with Crippen LogP contribution >= 0.6 is 0 Å². The predicted octanol–water partition coefficient (Wildman–Crippen LogP) is 4.30. The maximum absolute atomic E-state index is 12.5. The normalized spacial score (nSPS) is 21.9. The Balaban J connectivity index is 2.46. The molecule has 0 unspecified atom stereocenters. The number of rotatable bonds is 3. The molecule has 0 fully saturated rings. The van der Waals surface area contributed by atoms with Gasteiger partial charge in [-0.1, -0.05) is 46.8 Å². The number of aliphatic hydroxyl groups excluding tert-OH is 1. The number of aliphatic hydroxyl groups is 1. The highest BCUT2D eigenvalue weighted by molar-refractivity contribution is 6.74. The number of ether oxygens (including phenoxy) is 1. The minimum absolute atomic E-state index is 0.0212. The standard InChI is InChI=1S/C18H28O4Si/c1-11(2)16-15(19)12-9-8-10-13(14(12)17(20)21-16)22-23(6,7)18(3,4)5/h8-11,15-16,19H,1-7H3/t15-,16-/m1/s1. The van der Waals surface area contributed by atoms with Crippen molar-refractivity contribution >= 4 is 14.3 Å². The van der Waals surface area contributed by atoms with Gasteiger partial charge >= 0.3 is 5.97 Å². The highest BCUT2D eigenvalue weighted by Gasteiger charge is 2.42. The van der Waals surface area contributed by atoms with Crippen LogP contribution in [0.15, 0.2) is 18.2 Å². The van der Waals surface area contributed by atoms with Gasteiger partial charge in [-0.2, -0.15) is 0 Å². The lowest BCUT2D eigenvalue weighted by atomic mass is 9.90. The zero-order valence-electron chi connectivity index (χ0n) is 15.1. The summed E-state index contributed by atoms with van der Waals surface area (Å²) in [6, 6.07) is 5.41. The van der Waals surface area contributed by atoms with Gasteiger partial charge in [0.2, 0.25) is 0 Å². The summed E-state index contributed by atoms with van der Waals surface area (Å²) in [5.74, 6) is 0.172. The molecule has 0 saturated carbocycles. The van der Waals surface area contributed by atoms with Crippen LogP contribution in [0.1, 0.15) is 56.6 Å². The largest absolute Gasteiger partial charge is 0.543 e. The van der Waals surface area contributed by atoms with Crippen molar-refractivity contribution in [2.45, 2.75) is 65.0 Å². The number of fused-ring (bicyclic) bond motifs is 1. The second-order valence-corrected chi connectivity index (χ2v) is 12.9. The van der Waals surface area contributed by atoms with Gasteiger partial charge in [-0.15, -0.1) is 0 Å². The first kappa shape index (κ1) is 18.0. The van der Waals surface area contributed by atoms with Crippen molar-refractivity contribution in [3.63, 3.8) is 0 Å². The Hall–Kier alpha value is -1.33. The van der Waals surface area contributed by atoms with Crippen LogP contribution in [-0.2, 0) is 4.74 Å². The Bertz CT molecular complexity index is 602. The van der Waals surface area contributed by atoms with Gasteiger partial charge in [-0.05, 0) is 30.1 Å². The molecule has 2 atom stereocenters. The van der Waals surface area contributed by atoms with Crippen molar-refractivity contribution in [1.82, 2.24) is 0 Å². The predicted molar refractivity (Wildman–Crippen MR) is 93.3 cm³/mol. The molecular weight excluding hydrogens is 308 g/mol. The first-order chi connectivity index (χ1) is 10.5. The second kappa shape index (κ2) is 5.95. The van der Waals surface area contributed by atoms with E-state index >= 15 is 0 Å². The van der Waals surface area contributed by atoms with E-state index < -0.39 is 26.5 Å². The molecular formula is C18H28O4Si. The third-order valence-electron chi connectivity index (χ3n) is 4.96. The van der Waals surface area contributed by atoms with Gasteiger partial charge in [0.15, 0.2) is 0 Å². The van der Waals surface area contributed by atoms with Crippen LogP contribution in [0, 0.1) is 5.92 Å². The molecule has 0 aromatic heterocycles. The Morgan fingerprint density at radius 3 is 2.39 bits per heavy atom. The third-order valence-corrected chi connectivity index (χ3v) is 9.31. The SMILES string of the molecule is CC(C)[C@H]1OC(=O)c2c(O[Si](C)(C)C(C)(C)C)cccc2[C@H]1O. The molecule has 1 aromatic carbocycles. The summed E-state index contributed by atoms with van der Waals surface area (Å²) < 4.78 is 11.8. The van der Waals surface area contributed by atoms with Crippen LogP contribution in [0.5, 0.6) is 5.75 Å². The van der Waals surface area contributed by atoms with Crippen LogP contribution in [0.4, 0.5) is 0 Å². The van der Waals surface area contributed by atoms with E-state index in [1.54, 1.807) is 12.1 Å². The molecule has 0 saturated heterocycles. The quantitative estimate of drug-likeness (QED) is 0.660. The van der Waals surface area contributed by atoms with Crippen LogP contribution in [0.2, 0.25) is 18.1 Å². The zero-order chi connectivity index (χ0) is 17.6. The number of esters is 1. The van der Waals surface area contributed by atoms with Crippen molar-refractivity contribution in [3.8, 4) is 5.75 Å². The van der Waals surface area contributed by atoms with Crippen LogP contribution in [0.3, 0.4) is 0 Å². The van der Waals surface area contributed by atoms with Crippen molar-refractivity contribution in [1.29, 1.82) is 0 Å². The molecule has 2 rings (SSSR count). The van der Waals surface area contributed by atoms with E-state index in [4.69, 9.17) is 9.16 Å². The number of hydrogen-bond acceptors (Lipinski definition) is 4. The zero-order valence-corrected chi connectivity index (χ0v) is 16.1. The van der Waals surface area contributed by atoms with Crippen molar-refractivity contribution in [3.05, 3.63) is 29.3 Å². The molecule has 0 amide bonds. The summed E-state index contributed by atoms with van der Waals surface area (Å²) in [6.07, 6.45) is -1.33. The highest BCUT2D eigenvalue weighted by atomic mass is 28.4. The first-order valence-electron chi connectivity index (χ1n) is 8.16. The Morgan fingerprint density at radius 1 is 1.26 bits per heavy atom. The number of carbonyl (C=O) groups excluding carboxylic acids is 1. The summed E-state index contributed by atoms with van der Waals surface area (Å²) in [5.41, 5.74) is 0.984. The van der Waals surface area contributed by atoms with Gasteiger partial charge in [0.05, 0.1) is 0 Å². The fraction of sp³-hybridized carbons (Fsp3) is 0.611.